The molecule has 0 aliphatic heterocycles. The molecule has 0 aromatic heterocycles. The molecule has 0 saturated heterocycles. The van der Waals surface area contributed by atoms with Gasteiger partial charge in [-0.2, -0.15) is 0 Å². The molecule has 0 spiro atoms. The first-order valence-electron chi connectivity index (χ1n) is 7.91. The van der Waals surface area contributed by atoms with Gasteiger partial charge in [0.2, 0.25) is 0 Å². The van der Waals surface area contributed by atoms with E-state index in [9.17, 15) is 9.90 Å². The third kappa shape index (κ3) is 5.51. The van der Waals surface area contributed by atoms with Gasteiger partial charge in [0.1, 0.15) is 0 Å². The molecule has 0 saturated carbocycles. The molecule has 3 heteroatoms. The van der Waals surface area contributed by atoms with Crippen molar-refractivity contribution in [1.82, 2.24) is 4.90 Å². The summed E-state index contributed by atoms with van der Waals surface area (Å²) in [6, 6.07) is 0. The summed E-state index contributed by atoms with van der Waals surface area (Å²) in [4.78, 5) is 13.6. The van der Waals surface area contributed by atoms with E-state index in [1.165, 1.54) is 0 Å². The third-order valence-electron chi connectivity index (χ3n) is 4.28. The van der Waals surface area contributed by atoms with E-state index in [1.807, 2.05) is 39.8 Å². The van der Waals surface area contributed by atoms with Crippen LogP contribution in [0.1, 0.15) is 68.2 Å². The predicted octanol–water partition coefficient (Wildman–Crippen LogP) is 5.73. The largest absolute Gasteiger partial charge is 0.465 e. The van der Waals surface area contributed by atoms with Gasteiger partial charge in [-0.25, -0.2) is 4.79 Å². The van der Waals surface area contributed by atoms with Crippen molar-refractivity contribution in [2.24, 2.45) is 10.8 Å². The minimum Gasteiger partial charge on any atom is -0.465 e. The molecule has 0 unspecified atom stereocenters. The Hall–Kier alpha value is -1.25. The molecule has 0 aliphatic rings. The SMILES string of the molecule is C=CC(C)(C)CC(C)(C)N(C(=O)O)C(C)(C)CC(C)(C)C=C. The number of amides is 1. The number of rotatable bonds is 8. The molecule has 3 nitrogen and oxygen atoms in total. The maximum absolute atomic E-state index is 12.0. The molecule has 0 heterocycles. The first-order valence-corrected chi connectivity index (χ1v) is 7.91. The molecular weight excluding hydrogens is 274 g/mol. The maximum Gasteiger partial charge on any atom is 0.408 e. The fourth-order valence-electron chi connectivity index (χ4n) is 3.87. The fourth-order valence-corrected chi connectivity index (χ4v) is 3.87. The zero-order valence-electron chi connectivity index (χ0n) is 15.8. The molecule has 0 atom stereocenters. The minimum absolute atomic E-state index is 0.124. The maximum atomic E-state index is 12.0. The summed E-state index contributed by atoms with van der Waals surface area (Å²) >= 11 is 0. The van der Waals surface area contributed by atoms with Crippen molar-refractivity contribution in [2.75, 3.05) is 0 Å². The van der Waals surface area contributed by atoms with Crippen LogP contribution in [0.15, 0.2) is 25.3 Å². The first kappa shape index (κ1) is 20.8. The molecule has 0 aliphatic carbocycles. The number of hydrogen-bond acceptors (Lipinski definition) is 1. The van der Waals surface area contributed by atoms with Crippen LogP contribution >= 0.6 is 0 Å². The quantitative estimate of drug-likeness (QED) is 0.582. The van der Waals surface area contributed by atoms with Crippen molar-refractivity contribution in [2.45, 2.75) is 79.3 Å². The van der Waals surface area contributed by atoms with Crippen molar-refractivity contribution in [3.05, 3.63) is 25.3 Å². The van der Waals surface area contributed by atoms with Gasteiger partial charge in [0.15, 0.2) is 0 Å². The van der Waals surface area contributed by atoms with E-state index in [2.05, 4.69) is 40.9 Å². The Morgan fingerprint density at radius 2 is 1.14 bits per heavy atom. The standard InChI is InChI=1S/C19H35NO2/c1-11-16(3,4)13-18(7,8)20(15(21)22)19(9,10)14-17(5,6)12-2/h11-12H,1-2,13-14H2,3-10H3,(H,21,22). The smallest absolute Gasteiger partial charge is 0.408 e. The molecule has 0 radical (unpaired) electrons. The topological polar surface area (TPSA) is 40.5 Å². The van der Waals surface area contributed by atoms with Crippen molar-refractivity contribution >= 4 is 6.09 Å². The fraction of sp³-hybridized carbons (Fsp3) is 0.737. The summed E-state index contributed by atoms with van der Waals surface area (Å²) in [6.07, 6.45) is 4.35. The van der Waals surface area contributed by atoms with Crippen molar-refractivity contribution in [1.29, 1.82) is 0 Å². The summed E-state index contributed by atoms with van der Waals surface area (Å²) in [5.74, 6) is 0. The highest BCUT2D eigenvalue weighted by Gasteiger charge is 2.45. The van der Waals surface area contributed by atoms with Crippen molar-refractivity contribution in [3.63, 3.8) is 0 Å². The van der Waals surface area contributed by atoms with Crippen LogP contribution in [0.25, 0.3) is 0 Å². The second-order valence-electron chi connectivity index (χ2n) is 8.98. The van der Waals surface area contributed by atoms with Gasteiger partial charge in [-0.05, 0) is 51.4 Å². The van der Waals surface area contributed by atoms with Crippen molar-refractivity contribution < 1.29 is 9.90 Å². The summed E-state index contributed by atoms with van der Waals surface area (Å²) in [7, 11) is 0. The van der Waals surface area contributed by atoms with Gasteiger partial charge in [-0.1, -0.05) is 39.8 Å². The zero-order chi connectivity index (χ0) is 18.0. The molecule has 1 amide bonds. The normalized spacial score (nSPS) is 13.6. The van der Waals surface area contributed by atoms with Crippen LogP contribution in [-0.2, 0) is 0 Å². The van der Waals surface area contributed by atoms with E-state index in [0.29, 0.717) is 12.8 Å². The monoisotopic (exact) mass is 309 g/mol. The van der Waals surface area contributed by atoms with E-state index in [4.69, 9.17) is 0 Å². The molecule has 0 rings (SSSR count). The summed E-state index contributed by atoms with van der Waals surface area (Å²) in [5.41, 5.74) is -1.24. The number of hydrogen-bond donors (Lipinski definition) is 1. The van der Waals surface area contributed by atoms with Gasteiger partial charge in [0.05, 0.1) is 0 Å². The lowest BCUT2D eigenvalue weighted by atomic mass is 9.74. The van der Waals surface area contributed by atoms with Crippen LogP contribution in [0.5, 0.6) is 0 Å². The van der Waals surface area contributed by atoms with Gasteiger partial charge in [-0.15, -0.1) is 13.2 Å². The highest BCUT2D eigenvalue weighted by atomic mass is 16.4. The van der Waals surface area contributed by atoms with Gasteiger partial charge in [-0.3, -0.25) is 4.90 Å². The summed E-state index contributed by atoms with van der Waals surface area (Å²) in [5, 5.41) is 9.86. The van der Waals surface area contributed by atoms with Crippen LogP contribution < -0.4 is 0 Å². The van der Waals surface area contributed by atoms with Crippen LogP contribution in [-0.4, -0.2) is 27.2 Å². The van der Waals surface area contributed by atoms with Gasteiger partial charge < -0.3 is 5.11 Å². The average molecular weight is 309 g/mol. The molecule has 0 fully saturated rings. The Kier molecular flexibility index (Phi) is 6.11. The van der Waals surface area contributed by atoms with Gasteiger partial charge in [0.25, 0.3) is 0 Å². The van der Waals surface area contributed by atoms with Gasteiger partial charge in [0, 0.05) is 11.1 Å². The molecule has 0 bridgehead atoms. The van der Waals surface area contributed by atoms with E-state index in [1.54, 1.807) is 4.90 Å². The van der Waals surface area contributed by atoms with Crippen LogP contribution in [0.4, 0.5) is 4.79 Å². The third-order valence-corrected chi connectivity index (χ3v) is 4.28. The Balaban J connectivity index is 5.67. The van der Waals surface area contributed by atoms with Crippen LogP contribution in [0, 0.1) is 10.8 Å². The lowest BCUT2D eigenvalue weighted by molar-refractivity contribution is -0.00457. The lowest BCUT2D eigenvalue weighted by Gasteiger charge is -2.51. The Labute approximate surface area is 137 Å². The van der Waals surface area contributed by atoms with E-state index >= 15 is 0 Å². The van der Waals surface area contributed by atoms with Gasteiger partial charge >= 0.3 is 6.09 Å². The molecule has 0 aromatic rings. The molecule has 1 N–H and O–H groups in total. The number of nitrogens with zero attached hydrogens (tertiary/aromatic N) is 1. The van der Waals surface area contributed by atoms with E-state index in [0.717, 1.165) is 0 Å². The average Bonchev–Trinajstić information content (AvgIpc) is 2.24. The predicted molar refractivity (Wildman–Crippen MR) is 95.2 cm³/mol. The Bertz CT molecular complexity index is 397. The lowest BCUT2D eigenvalue weighted by Crippen LogP contribution is -2.60. The number of allylic oxidation sites excluding steroid dienone is 2. The Morgan fingerprint density at radius 3 is 1.32 bits per heavy atom. The van der Waals surface area contributed by atoms with Crippen LogP contribution in [0.2, 0.25) is 0 Å². The highest BCUT2D eigenvalue weighted by Crippen LogP contribution is 2.40. The molecular formula is C19H35NO2. The highest BCUT2D eigenvalue weighted by molar-refractivity contribution is 5.67. The van der Waals surface area contributed by atoms with Crippen LogP contribution in [0.3, 0.4) is 0 Å². The summed E-state index contributed by atoms with van der Waals surface area (Å²) in [6.45, 7) is 24.1. The Morgan fingerprint density at radius 1 is 0.864 bits per heavy atom. The molecule has 128 valence electrons. The second kappa shape index (κ2) is 6.47. The van der Waals surface area contributed by atoms with Crippen molar-refractivity contribution in [3.8, 4) is 0 Å². The second-order valence-corrected chi connectivity index (χ2v) is 8.98. The molecule has 22 heavy (non-hydrogen) atoms. The number of carbonyl (C=O) groups is 1. The van der Waals surface area contributed by atoms with E-state index in [-0.39, 0.29) is 10.8 Å². The summed E-state index contributed by atoms with van der Waals surface area (Å²) < 4.78 is 0. The minimum atomic E-state index is -0.880. The zero-order valence-corrected chi connectivity index (χ0v) is 15.8. The van der Waals surface area contributed by atoms with E-state index < -0.39 is 17.2 Å². The molecule has 0 aromatic carbocycles. The first-order chi connectivity index (χ1) is 9.60. The number of carboxylic acid groups (broad SMARTS) is 1.